The zero-order valence-corrected chi connectivity index (χ0v) is 18.9. The van der Waals surface area contributed by atoms with E-state index in [4.69, 9.17) is 0 Å². The van der Waals surface area contributed by atoms with Crippen LogP contribution in [0.1, 0.15) is 25.3 Å². The predicted octanol–water partition coefficient (Wildman–Crippen LogP) is 6.64. The van der Waals surface area contributed by atoms with Gasteiger partial charge in [-0.05, 0) is 54.8 Å². The van der Waals surface area contributed by atoms with Gasteiger partial charge < -0.3 is 5.32 Å². The third kappa shape index (κ3) is 5.47. The van der Waals surface area contributed by atoms with Crippen molar-refractivity contribution in [3.63, 3.8) is 0 Å². The molecule has 0 spiro atoms. The maximum atomic E-state index is 12.1. The van der Waals surface area contributed by atoms with Crippen LogP contribution in [0.25, 0.3) is 0 Å². The molecule has 0 saturated heterocycles. The molecule has 1 heterocycles. The second-order valence-electron chi connectivity index (χ2n) is 7.72. The Hall–Kier alpha value is -4.46. The second-order valence-corrected chi connectivity index (χ2v) is 7.72. The zero-order chi connectivity index (χ0) is 23.8. The molecule has 8 nitrogen and oxygen atoms in total. The summed E-state index contributed by atoms with van der Waals surface area (Å²) in [6.45, 7) is 2.16. The minimum atomic E-state index is -0.478. The normalized spacial score (nSPS) is 10.5. The highest BCUT2D eigenvalue weighted by molar-refractivity contribution is 5.77. The van der Waals surface area contributed by atoms with Gasteiger partial charge in [0.25, 0.3) is 0 Å². The molecule has 0 atom stereocenters. The van der Waals surface area contributed by atoms with Crippen molar-refractivity contribution in [2.24, 2.45) is 0 Å². The minimum absolute atomic E-state index is 0.0785. The minimum Gasteiger partial charge on any atom is -0.334 e. The van der Waals surface area contributed by atoms with Gasteiger partial charge in [0.15, 0.2) is 0 Å². The van der Waals surface area contributed by atoms with E-state index in [1.807, 2.05) is 84.9 Å². The summed E-state index contributed by atoms with van der Waals surface area (Å²) in [4.78, 5) is 20.0. The molecule has 4 aromatic rings. The van der Waals surface area contributed by atoms with Crippen LogP contribution in [0.5, 0.6) is 0 Å². The Morgan fingerprint density at radius 1 is 0.853 bits per heavy atom. The zero-order valence-electron chi connectivity index (χ0n) is 18.9. The van der Waals surface area contributed by atoms with E-state index in [-0.39, 0.29) is 17.3 Å². The van der Waals surface area contributed by atoms with Crippen molar-refractivity contribution < 1.29 is 4.92 Å². The van der Waals surface area contributed by atoms with E-state index >= 15 is 0 Å². The monoisotopic (exact) mass is 454 g/mol. The number of nitro groups is 1. The van der Waals surface area contributed by atoms with Gasteiger partial charge in [0, 0.05) is 5.69 Å². The van der Waals surface area contributed by atoms with E-state index < -0.39 is 4.92 Å². The number of nitrogens with one attached hydrogen (secondary N) is 2. The first-order chi connectivity index (χ1) is 16.7. The number of aromatic nitrogens is 2. The van der Waals surface area contributed by atoms with Crippen molar-refractivity contribution >= 4 is 34.4 Å². The van der Waals surface area contributed by atoms with Crippen LogP contribution in [-0.4, -0.2) is 14.9 Å². The summed E-state index contributed by atoms with van der Waals surface area (Å²) in [5.41, 5.74) is 6.44. The number of hydrogen-bond acceptors (Lipinski definition) is 7. The van der Waals surface area contributed by atoms with Gasteiger partial charge in [0.1, 0.15) is 6.33 Å². The van der Waals surface area contributed by atoms with Gasteiger partial charge in [-0.15, -0.1) is 0 Å². The van der Waals surface area contributed by atoms with Crippen molar-refractivity contribution in [2.75, 3.05) is 15.8 Å². The topological polar surface area (TPSA) is 96.2 Å². The van der Waals surface area contributed by atoms with E-state index in [0.717, 1.165) is 36.3 Å². The van der Waals surface area contributed by atoms with Crippen LogP contribution in [0.4, 0.5) is 34.4 Å². The predicted molar refractivity (Wildman–Crippen MR) is 136 cm³/mol. The fourth-order valence-corrected chi connectivity index (χ4v) is 3.54. The first kappa shape index (κ1) is 22.7. The summed E-state index contributed by atoms with van der Waals surface area (Å²) in [5, 5.41) is 16.9. The Morgan fingerprint density at radius 2 is 1.44 bits per heavy atom. The van der Waals surface area contributed by atoms with Crippen LogP contribution in [0, 0.1) is 10.1 Å². The van der Waals surface area contributed by atoms with Crippen LogP contribution in [0.15, 0.2) is 91.3 Å². The van der Waals surface area contributed by atoms with Crippen LogP contribution >= 0.6 is 0 Å². The molecule has 0 saturated carbocycles. The lowest BCUT2D eigenvalue weighted by molar-refractivity contribution is -0.383. The van der Waals surface area contributed by atoms with Gasteiger partial charge >= 0.3 is 5.69 Å². The lowest BCUT2D eigenvalue weighted by atomic mass is 10.1. The number of anilines is 5. The number of hydrazine groups is 1. The summed E-state index contributed by atoms with van der Waals surface area (Å²) in [7, 11) is 0. The Labute approximate surface area is 198 Å². The smallest absolute Gasteiger partial charge is 0.334 e. The largest absolute Gasteiger partial charge is 0.355 e. The molecule has 8 heteroatoms. The number of benzene rings is 3. The number of aryl methyl sites for hydroxylation is 1. The highest BCUT2D eigenvalue weighted by atomic mass is 16.6. The second kappa shape index (κ2) is 10.9. The van der Waals surface area contributed by atoms with E-state index in [0.29, 0.717) is 0 Å². The molecular weight excluding hydrogens is 428 g/mol. The molecule has 0 aliphatic heterocycles. The molecule has 0 aliphatic rings. The maximum absolute atomic E-state index is 12.1. The van der Waals surface area contributed by atoms with E-state index in [1.165, 1.54) is 11.9 Å². The fourth-order valence-electron chi connectivity index (χ4n) is 3.54. The van der Waals surface area contributed by atoms with Gasteiger partial charge in [0.05, 0.1) is 16.3 Å². The quantitative estimate of drug-likeness (QED) is 0.205. The van der Waals surface area contributed by atoms with Crippen LogP contribution in [0.2, 0.25) is 0 Å². The molecule has 0 radical (unpaired) electrons. The number of nitrogens with zero attached hydrogens (tertiary/aromatic N) is 4. The average molecular weight is 455 g/mol. The van der Waals surface area contributed by atoms with E-state index in [1.54, 1.807) is 5.01 Å². The SMILES string of the molecule is CCCCc1ccc(Nc2ncnc(NN(c3ccccc3)c3ccccc3)c2[N+](=O)[O-])cc1. The van der Waals surface area contributed by atoms with Crippen molar-refractivity contribution in [1.82, 2.24) is 9.97 Å². The first-order valence-electron chi connectivity index (χ1n) is 11.2. The maximum Gasteiger partial charge on any atom is 0.355 e. The Morgan fingerprint density at radius 3 is 2.00 bits per heavy atom. The highest BCUT2D eigenvalue weighted by Gasteiger charge is 2.25. The lowest BCUT2D eigenvalue weighted by Crippen LogP contribution is -2.26. The number of unbranched alkanes of at least 4 members (excludes halogenated alkanes) is 1. The molecule has 1 aromatic heterocycles. The third-order valence-electron chi connectivity index (χ3n) is 5.29. The summed E-state index contributed by atoms with van der Waals surface area (Å²) in [6.07, 6.45) is 4.57. The van der Waals surface area contributed by atoms with E-state index in [9.17, 15) is 10.1 Å². The molecular formula is C26H26N6O2. The number of hydrogen-bond donors (Lipinski definition) is 2. The standard InChI is InChI=1S/C26H26N6O2/c1-2-3-10-20-15-17-21(18-16-20)29-25-24(32(33)34)26(28-19-27-25)30-31(22-11-6-4-7-12-22)23-13-8-5-9-14-23/h4-9,11-19H,2-3,10H2,1H3,(H2,27,28,29,30). The van der Waals surface area contributed by atoms with Crippen LogP contribution < -0.4 is 15.8 Å². The molecule has 3 aromatic carbocycles. The van der Waals surface area contributed by atoms with Gasteiger partial charge in [-0.1, -0.05) is 61.9 Å². The van der Waals surface area contributed by atoms with Crippen molar-refractivity contribution in [3.05, 3.63) is 107 Å². The van der Waals surface area contributed by atoms with Gasteiger partial charge in [-0.25, -0.2) is 9.97 Å². The summed E-state index contributed by atoms with van der Waals surface area (Å²) >= 11 is 0. The van der Waals surface area contributed by atoms with Crippen LogP contribution in [-0.2, 0) is 6.42 Å². The molecule has 0 amide bonds. The lowest BCUT2D eigenvalue weighted by Gasteiger charge is -2.26. The summed E-state index contributed by atoms with van der Waals surface area (Å²) < 4.78 is 0. The molecule has 4 rings (SSSR count). The molecule has 2 N–H and O–H groups in total. The Bertz CT molecular complexity index is 1180. The fraction of sp³-hybridized carbons (Fsp3) is 0.154. The first-order valence-corrected chi connectivity index (χ1v) is 11.2. The van der Waals surface area contributed by atoms with Crippen molar-refractivity contribution in [3.8, 4) is 0 Å². The summed E-state index contributed by atoms with van der Waals surface area (Å²) in [6, 6.07) is 26.9. The van der Waals surface area contributed by atoms with Crippen molar-refractivity contribution in [1.29, 1.82) is 0 Å². The third-order valence-corrected chi connectivity index (χ3v) is 5.29. The van der Waals surface area contributed by atoms with E-state index in [2.05, 4.69) is 27.6 Å². The summed E-state index contributed by atoms with van der Waals surface area (Å²) in [5.74, 6) is 0.194. The Kier molecular flexibility index (Phi) is 7.29. The molecule has 0 fully saturated rings. The molecule has 172 valence electrons. The van der Waals surface area contributed by atoms with Gasteiger partial charge in [-0.2, -0.15) is 0 Å². The van der Waals surface area contributed by atoms with Gasteiger partial charge in [0.2, 0.25) is 11.6 Å². The van der Waals surface area contributed by atoms with Crippen LogP contribution in [0.3, 0.4) is 0 Å². The Balaban J connectivity index is 1.65. The molecule has 0 aliphatic carbocycles. The molecule has 0 unspecified atom stereocenters. The average Bonchev–Trinajstić information content (AvgIpc) is 2.88. The number of rotatable bonds is 10. The van der Waals surface area contributed by atoms with Gasteiger partial charge in [-0.3, -0.25) is 20.5 Å². The van der Waals surface area contributed by atoms with Crippen molar-refractivity contribution in [2.45, 2.75) is 26.2 Å². The molecule has 0 bridgehead atoms. The molecule has 34 heavy (non-hydrogen) atoms. The number of para-hydroxylation sites is 2. The highest BCUT2D eigenvalue weighted by Crippen LogP contribution is 2.34.